The molecule has 0 saturated carbocycles. The third kappa shape index (κ3) is 4.72. The van der Waals surface area contributed by atoms with E-state index in [2.05, 4.69) is 4.72 Å². The predicted octanol–water partition coefficient (Wildman–Crippen LogP) is -0.366. The lowest BCUT2D eigenvalue weighted by Gasteiger charge is -2.34. The monoisotopic (exact) mass is 294 g/mol. The lowest BCUT2D eigenvalue weighted by atomic mass is 9.94. The number of aliphatic hydroxyl groups is 1. The van der Waals surface area contributed by atoms with E-state index in [0.29, 0.717) is 13.1 Å². The number of carbonyl (C=O) groups is 1. The van der Waals surface area contributed by atoms with Crippen LogP contribution in [0.25, 0.3) is 0 Å². The number of piperidine rings is 1. The van der Waals surface area contributed by atoms with Crippen LogP contribution < -0.4 is 4.72 Å². The molecule has 0 amide bonds. The Morgan fingerprint density at radius 1 is 1.37 bits per heavy atom. The highest BCUT2D eigenvalue weighted by molar-refractivity contribution is 7.87. The van der Waals surface area contributed by atoms with Crippen molar-refractivity contribution in [1.82, 2.24) is 9.03 Å². The molecule has 0 aromatic rings. The van der Waals surface area contributed by atoms with Crippen LogP contribution in [0.2, 0.25) is 0 Å². The average molecular weight is 294 g/mol. The zero-order valence-electron chi connectivity index (χ0n) is 11.2. The summed E-state index contributed by atoms with van der Waals surface area (Å²) in [7, 11) is -3.82. The molecule has 0 aromatic carbocycles. The van der Waals surface area contributed by atoms with E-state index in [0.717, 1.165) is 6.42 Å². The van der Waals surface area contributed by atoms with Gasteiger partial charge < -0.3 is 10.2 Å². The molecular formula is C11H22N2O5S. The van der Waals surface area contributed by atoms with Gasteiger partial charge in [0.2, 0.25) is 0 Å². The van der Waals surface area contributed by atoms with Gasteiger partial charge in [-0.25, -0.2) is 0 Å². The Labute approximate surface area is 113 Å². The number of rotatable bonds is 6. The number of carboxylic acids is 1. The number of aliphatic hydroxyl groups excluding tert-OH is 1. The average Bonchev–Trinajstić information content (AvgIpc) is 2.26. The minimum absolute atomic E-state index is 0.145. The Morgan fingerprint density at radius 3 is 2.32 bits per heavy atom. The summed E-state index contributed by atoms with van der Waals surface area (Å²) in [5.41, 5.74) is 0. The molecule has 0 aromatic heterocycles. The highest BCUT2D eigenvalue weighted by Crippen LogP contribution is 2.22. The SMILES string of the molecule is CC1CC(C)CN(S(=O)(=O)NC(CCO)C(=O)O)C1. The minimum atomic E-state index is -3.82. The van der Waals surface area contributed by atoms with Crippen molar-refractivity contribution >= 4 is 16.2 Å². The molecule has 3 unspecified atom stereocenters. The van der Waals surface area contributed by atoms with Crippen LogP contribution in [0.4, 0.5) is 0 Å². The normalized spacial score (nSPS) is 27.1. The fourth-order valence-corrected chi connectivity index (χ4v) is 4.05. The van der Waals surface area contributed by atoms with Crippen LogP contribution in [0.5, 0.6) is 0 Å². The number of aliphatic carboxylic acids is 1. The largest absolute Gasteiger partial charge is 0.480 e. The van der Waals surface area contributed by atoms with Crippen molar-refractivity contribution in [2.45, 2.75) is 32.7 Å². The number of nitrogens with one attached hydrogen (secondary N) is 1. The molecule has 3 N–H and O–H groups in total. The van der Waals surface area contributed by atoms with Crippen molar-refractivity contribution in [3.05, 3.63) is 0 Å². The van der Waals surface area contributed by atoms with E-state index in [1.54, 1.807) is 0 Å². The van der Waals surface area contributed by atoms with Gasteiger partial charge in [0.15, 0.2) is 0 Å². The molecule has 0 bridgehead atoms. The first-order chi connectivity index (χ1) is 8.76. The summed E-state index contributed by atoms with van der Waals surface area (Å²) in [6, 6.07) is -1.29. The van der Waals surface area contributed by atoms with E-state index in [9.17, 15) is 13.2 Å². The van der Waals surface area contributed by atoms with Gasteiger partial charge >= 0.3 is 5.97 Å². The van der Waals surface area contributed by atoms with Crippen molar-refractivity contribution in [2.75, 3.05) is 19.7 Å². The van der Waals surface area contributed by atoms with E-state index >= 15 is 0 Å². The van der Waals surface area contributed by atoms with Crippen LogP contribution in [0, 0.1) is 11.8 Å². The zero-order chi connectivity index (χ0) is 14.6. The van der Waals surface area contributed by atoms with E-state index in [4.69, 9.17) is 10.2 Å². The summed E-state index contributed by atoms with van der Waals surface area (Å²) < 4.78 is 27.7. The standard InChI is InChI=1S/C11H22N2O5S/c1-8-5-9(2)7-13(6-8)19(17,18)12-10(3-4-14)11(15)16/h8-10,12,14H,3-7H2,1-2H3,(H,15,16). The topological polar surface area (TPSA) is 107 Å². The lowest BCUT2D eigenvalue weighted by Crippen LogP contribution is -2.52. The van der Waals surface area contributed by atoms with Crippen molar-refractivity contribution in [3.63, 3.8) is 0 Å². The van der Waals surface area contributed by atoms with Crippen LogP contribution in [0.1, 0.15) is 26.7 Å². The fourth-order valence-electron chi connectivity index (χ4n) is 2.42. The van der Waals surface area contributed by atoms with Gasteiger partial charge in [-0.2, -0.15) is 17.4 Å². The fraction of sp³-hybridized carbons (Fsp3) is 0.909. The minimum Gasteiger partial charge on any atom is -0.480 e. The molecule has 0 radical (unpaired) electrons. The maximum atomic E-state index is 12.1. The molecule has 0 aliphatic carbocycles. The zero-order valence-corrected chi connectivity index (χ0v) is 12.1. The molecule has 7 nitrogen and oxygen atoms in total. The van der Waals surface area contributed by atoms with Gasteiger partial charge in [-0.3, -0.25) is 4.79 Å². The molecule has 1 aliphatic heterocycles. The van der Waals surface area contributed by atoms with E-state index in [1.165, 1.54) is 4.31 Å². The molecule has 1 fully saturated rings. The van der Waals surface area contributed by atoms with Gasteiger partial charge in [-0.05, 0) is 24.7 Å². The van der Waals surface area contributed by atoms with Crippen molar-refractivity contribution in [1.29, 1.82) is 0 Å². The van der Waals surface area contributed by atoms with Crippen molar-refractivity contribution in [2.24, 2.45) is 11.8 Å². The maximum absolute atomic E-state index is 12.1. The molecule has 19 heavy (non-hydrogen) atoms. The summed E-state index contributed by atoms with van der Waals surface area (Å²) in [5.74, 6) is -0.779. The van der Waals surface area contributed by atoms with Crippen LogP contribution in [0.3, 0.4) is 0 Å². The second-order valence-corrected chi connectivity index (χ2v) is 6.99. The molecule has 0 spiro atoms. The maximum Gasteiger partial charge on any atom is 0.321 e. The van der Waals surface area contributed by atoms with Crippen LogP contribution in [-0.2, 0) is 15.0 Å². The Bertz CT molecular complexity index is 401. The molecule has 3 atom stereocenters. The highest BCUT2D eigenvalue weighted by Gasteiger charge is 2.33. The predicted molar refractivity (Wildman–Crippen MR) is 69.7 cm³/mol. The van der Waals surface area contributed by atoms with Gasteiger partial charge in [0.05, 0.1) is 0 Å². The van der Waals surface area contributed by atoms with Gasteiger partial charge in [-0.15, -0.1) is 0 Å². The molecule has 112 valence electrons. The summed E-state index contributed by atoms with van der Waals surface area (Å²) in [5, 5.41) is 17.7. The Kier molecular flexibility index (Phi) is 5.72. The summed E-state index contributed by atoms with van der Waals surface area (Å²) in [4.78, 5) is 10.9. The summed E-state index contributed by atoms with van der Waals surface area (Å²) in [6.07, 6.45) is 0.818. The van der Waals surface area contributed by atoms with E-state index in [1.807, 2.05) is 13.8 Å². The van der Waals surface area contributed by atoms with Crippen LogP contribution >= 0.6 is 0 Å². The highest BCUT2D eigenvalue weighted by atomic mass is 32.2. The number of hydrogen-bond acceptors (Lipinski definition) is 4. The molecule has 8 heteroatoms. The molecule has 1 heterocycles. The summed E-state index contributed by atoms with van der Waals surface area (Å²) in [6.45, 7) is 4.35. The molecule has 1 rings (SSSR count). The Morgan fingerprint density at radius 2 is 1.89 bits per heavy atom. The molecule has 1 saturated heterocycles. The third-order valence-corrected chi connectivity index (χ3v) is 4.74. The molecule has 1 aliphatic rings. The number of hydrogen-bond donors (Lipinski definition) is 3. The smallest absolute Gasteiger partial charge is 0.321 e. The first-order valence-corrected chi connectivity index (χ1v) is 7.81. The second-order valence-electron chi connectivity index (χ2n) is 5.29. The first-order valence-electron chi connectivity index (χ1n) is 6.37. The molecular weight excluding hydrogens is 272 g/mol. The van der Waals surface area contributed by atoms with Crippen molar-refractivity contribution in [3.8, 4) is 0 Å². The van der Waals surface area contributed by atoms with Crippen molar-refractivity contribution < 1.29 is 23.4 Å². The quantitative estimate of drug-likeness (QED) is 0.620. The van der Waals surface area contributed by atoms with Gasteiger partial charge in [0, 0.05) is 19.7 Å². The Balaban J connectivity index is 2.76. The van der Waals surface area contributed by atoms with Crippen LogP contribution in [0.15, 0.2) is 0 Å². The third-order valence-electron chi connectivity index (χ3n) is 3.18. The van der Waals surface area contributed by atoms with Crippen LogP contribution in [-0.4, -0.2) is 54.6 Å². The van der Waals surface area contributed by atoms with Gasteiger partial charge in [0.25, 0.3) is 10.2 Å². The lowest BCUT2D eigenvalue weighted by molar-refractivity contribution is -0.139. The van der Waals surface area contributed by atoms with Gasteiger partial charge in [-0.1, -0.05) is 13.8 Å². The second kappa shape index (κ2) is 6.65. The first kappa shape index (κ1) is 16.4. The van der Waals surface area contributed by atoms with E-state index in [-0.39, 0.29) is 24.9 Å². The Hall–Kier alpha value is -0.700. The summed E-state index contributed by atoms with van der Waals surface area (Å²) >= 11 is 0. The van der Waals surface area contributed by atoms with E-state index < -0.39 is 22.2 Å². The number of nitrogens with zero attached hydrogens (tertiary/aromatic N) is 1. The van der Waals surface area contributed by atoms with Gasteiger partial charge in [0.1, 0.15) is 6.04 Å². The number of carboxylic acid groups (broad SMARTS) is 1.